The van der Waals surface area contributed by atoms with E-state index in [4.69, 9.17) is 5.73 Å². The summed E-state index contributed by atoms with van der Waals surface area (Å²) < 4.78 is 0. The zero-order valence-electron chi connectivity index (χ0n) is 11.7. The van der Waals surface area contributed by atoms with Gasteiger partial charge in [-0.3, -0.25) is 0 Å². The van der Waals surface area contributed by atoms with Crippen molar-refractivity contribution in [3.05, 3.63) is 0 Å². The van der Waals surface area contributed by atoms with Crippen LogP contribution in [-0.4, -0.2) is 31.6 Å². The first-order valence-electron chi connectivity index (χ1n) is 7.13. The van der Waals surface area contributed by atoms with E-state index in [-0.39, 0.29) is 0 Å². The lowest BCUT2D eigenvalue weighted by atomic mass is 9.96. The Balaban J connectivity index is 3.40. The number of rotatable bonds is 11. The summed E-state index contributed by atoms with van der Waals surface area (Å²) in [6.07, 6.45) is 9.23. The van der Waals surface area contributed by atoms with Crippen molar-refractivity contribution >= 4 is 0 Å². The van der Waals surface area contributed by atoms with Crippen LogP contribution >= 0.6 is 0 Å². The summed E-state index contributed by atoms with van der Waals surface area (Å²) in [6.45, 7) is 7.92. The van der Waals surface area contributed by atoms with Crippen LogP contribution in [0.1, 0.15) is 58.8 Å². The van der Waals surface area contributed by atoms with Crippen LogP contribution in [-0.2, 0) is 0 Å². The van der Waals surface area contributed by atoms with Crippen molar-refractivity contribution in [2.75, 3.05) is 26.7 Å². The van der Waals surface area contributed by atoms with Gasteiger partial charge in [0.1, 0.15) is 0 Å². The molecule has 0 aromatic heterocycles. The highest BCUT2D eigenvalue weighted by Crippen LogP contribution is 2.14. The summed E-state index contributed by atoms with van der Waals surface area (Å²) >= 11 is 0. The van der Waals surface area contributed by atoms with Crippen LogP contribution in [0.15, 0.2) is 0 Å². The molecule has 2 N–H and O–H groups in total. The van der Waals surface area contributed by atoms with Gasteiger partial charge < -0.3 is 10.6 Å². The van der Waals surface area contributed by atoms with Crippen LogP contribution in [0.2, 0.25) is 0 Å². The molecule has 0 saturated heterocycles. The van der Waals surface area contributed by atoms with Gasteiger partial charge in [0.25, 0.3) is 0 Å². The maximum Gasteiger partial charge on any atom is -0.00217 e. The van der Waals surface area contributed by atoms with Crippen molar-refractivity contribution < 1.29 is 0 Å². The fraction of sp³-hybridized carbons (Fsp3) is 1.00. The minimum absolute atomic E-state index is 0.852. The zero-order valence-corrected chi connectivity index (χ0v) is 11.7. The van der Waals surface area contributed by atoms with Gasteiger partial charge in [-0.2, -0.15) is 0 Å². The Kier molecular flexibility index (Phi) is 11.3. The summed E-state index contributed by atoms with van der Waals surface area (Å²) in [7, 11) is 2.25. The van der Waals surface area contributed by atoms with E-state index >= 15 is 0 Å². The highest BCUT2D eigenvalue weighted by Gasteiger charge is 2.05. The van der Waals surface area contributed by atoms with Crippen LogP contribution in [0.25, 0.3) is 0 Å². The zero-order chi connectivity index (χ0) is 12.2. The van der Waals surface area contributed by atoms with Crippen LogP contribution in [0.3, 0.4) is 0 Å². The molecule has 0 fully saturated rings. The molecular weight excluding hydrogens is 196 g/mol. The third-order valence-electron chi connectivity index (χ3n) is 3.45. The maximum atomic E-state index is 5.61. The SMILES string of the molecule is CCCCCN(C)CCCC(CC)CCN. The first-order valence-corrected chi connectivity index (χ1v) is 7.13. The Hall–Kier alpha value is -0.0800. The van der Waals surface area contributed by atoms with Gasteiger partial charge >= 0.3 is 0 Å². The number of hydrogen-bond acceptors (Lipinski definition) is 2. The Labute approximate surface area is 103 Å². The largest absolute Gasteiger partial charge is 0.330 e. The average molecular weight is 228 g/mol. The van der Waals surface area contributed by atoms with Gasteiger partial charge in [0, 0.05) is 0 Å². The minimum Gasteiger partial charge on any atom is -0.330 e. The second-order valence-electron chi connectivity index (χ2n) is 5.00. The van der Waals surface area contributed by atoms with Gasteiger partial charge in [-0.25, -0.2) is 0 Å². The molecule has 2 heteroatoms. The molecule has 2 nitrogen and oxygen atoms in total. The van der Waals surface area contributed by atoms with Crippen molar-refractivity contribution in [3.8, 4) is 0 Å². The van der Waals surface area contributed by atoms with Crippen LogP contribution < -0.4 is 5.73 Å². The molecule has 0 aliphatic carbocycles. The Morgan fingerprint density at radius 1 is 1.00 bits per heavy atom. The third kappa shape index (κ3) is 9.17. The lowest BCUT2D eigenvalue weighted by Crippen LogP contribution is -2.21. The van der Waals surface area contributed by atoms with Crippen LogP contribution in [0.5, 0.6) is 0 Å². The summed E-state index contributed by atoms with van der Waals surface area (Å²) in [5.41, 5.74) is 5.61. The van der Waals surface area contributed by atoms with Crippen LogP contribution in [0, 0.1) is 5.92 Å². The number of nitrogens with zero attached hydrogens (tertiary/aromatic N) is 1. The molecule has 1 unspecified atom stereocenters. The lowest BCUT2D eigenvalue weighted by Gasteiger charge is -2.18. The van der Waals surface area contributed by atoms with Crippen molar-refractivity contribution in [1.29, 1.82) is 0 Å². The van der Waals surface area contributed by atoms with Crippen molar-refractivity contribution in [3.63, 3.8) is 0 Å². The normalized spacial score (nSPS) is 13.3. The second-order valence-corrected chi connectivity index (χ2v) is 5.00. The van der Waals surface area contributed by atoms with E-state index in [2.05, 4.69) is 25.8 Å². The predicted octanol–water partition coefficient (Wildman–Crippen LogP) is 3.26. The van der Waals surface area contributed by atoms with Gasteiger partial charge in [-0.05, 0) is 58.3 Å². The highest BCUT2D eigenvalue weighted by atomic mass is 15.1. The molecule has 0 aromatic carbocycles. The average Bonchev–Trinajstić information content (AvgIpc) is 2.28. The fourth-order valence-electron chi connectivity index (χ4n) is 2.18. The molecule has 1 atom stereocenters. The number of nitrogens with two attached hydrogens (primary N) is 1. The Morgan fingerprint density at radius 2 is 1.69 bits per heavy atom. The molecule has 0 saturated carbocycles. The summed E-state index contributed by atoms with van der Waals surface area (Å²) in [5, 5.41) is 0. The molecule has 0 bridgehead atoms. The van der Waals surface area contributed by atoms with E-state index in [1.165, 1.54) is 58.0 Å². The van der Waals surface area contributed by atoms with E-state index in [0.29, 0.717) is 0 Å². The number of unbranched alkanes of at least 4 members (excludes halogenated alkanes) is 2. The highest BCUT2D eigenvalue weighted by molar-refractivity contribution is 4.60. The van der Waals surface area contributed by atoms with Gasteiger partial charge in [0.2, 0.25) is 0 Å². The first kappa shape index (κ1) is 15.9. The van der Waals surface area contributed by atoms with Crippen molar-refractivity contribution in [2.45, 2.75) is 58.8 Å². The van der Waals surface area contributed by atoms with Crippen molar-refractivity contribution in [1.82, 2.24) is 4.90 Å². The Bertz CT molecular complexity index is 137. The molecular formula is C14H32N2. The third-order valence-corrected chi connectivity index (χ3v) is 3.45. The minimum atomic E-state index is 0.852. The molecule has 0 amide bonds. The van der Waals surface area contributed by atoms with Gasteiger partial charge in [-0.15, -0.1) is 0 Å². The molecule has 0 radical (unpaired) electrons. The number of hydrogen-bond donors (Lipinski definition) is 1. The van der Waals surface area contributed by atoms with Crippen LogP contribution in [0.4, 0.5) is 0 Å². The fourth-order valence-corrected chi connectivity index (χ4v) is 2.18. The second kappa shape index (κ2) is 11.4. The molecule has 0 rings (SSSR count). The predicted molar refractivity (Wildman–Crippen MR) is 73.7 cm³/mol. The van der Waals surface area contributed by atoms with Gasteiger partial charge in [0.05, 0.1) is 0 Å². The molecule has 0 aliphatic heterocycles. The van der Waals surface area contributed by atoms with E-state index in [9.17, 15) is 0 Å². The molecule has 0 heterocycles. The molecule has 0 spiro atoms. The van der Waals surface area contributed by atoms with Gasteiger partial charge in [0.15, 0.2) is 0 Å². The molecule has 16 heavy (non-hydrogen) atoms. The van der Waals surface area contributed by atoms with Crippen molar-refractivity contribution in [2.24, 2.45) is 11.7 Å². The van der Waals surface area contributed by atoms with Gasteiger partial charge in [-0.1, -0.05) is 33.1 Å². The first-order chi connectivity index (χ1) is 7.74. The maximum absolute atomic E-state index is 5.61. The smallest absolute Gasteiger partial charge is 0.00217 e. The quantitative estimate of drug-likeness (QED) is 0.550. The lowest BCUT2D eigenvalue weighted by molar-refractivity contribution is 0.301. The molecule has 0 aromatic rings. The topological polar surface area (TPSA) is 29.3 Å². The summed E-state index contributed by atoms with van der Waals surface area (Å²) in [4.78, 5) is 2.48. The standard InChI is InChI=1S/C14H32N2/c1-4-6-7-12-16(3)13-8-9-14(5-2)10-11-15/h14H,4-13,15H2,1-3H3. The Morgan fingerprint density at radius 3 is 2.25 bits per heavy atom. The molecule has 98 valence electrons. The van der Waals surface area contributed by atoms with E-state index in [1.54, 1.807) is 0 Å². The monoisotopic (exact) mass is 228 g/mol. The summed E-state index contributed by atoms with van der Waals surface area (Å²) in [5.74, 6) is 0.856. The van der Waals surface area contributed by atoms with E-state index in [0.717, 1.165) is 12.5 Å². The summed E-state index contributed by atoms with van der Waals surface area (Å²) in [6, 6.07) is 0. The van der Waals surface area contributed by atoms with E-state index < -0.39 is 0 Å². The molecule has 0 aliphatic rings. The van der Waals surface area contributed by atoms with E-state index in [1.807, 2.05) is 0 Å².